The molecule has 27 heavy (non-hydrogen) atoms. The molecule has 0 spiro atoms. The zero-order valence-electron chi connectivity index (χ0n) is 14.0. The average molecular weight is 389 g/mol. The summed E-state index contributed by atoms with van der Waals surface area (Å²) in [5.41, 5.74) is 0.895. The molecule has 138 valence electrons. The number of halogens is 2. The molecule has 0 bridgehead atoms. The number of carbonyl (C=O) groups is 1. The van der Waals surface area contributed by atoms with Crippen LogP contribution >= 0.6 is 11.3 Å². The van der Waals surface area contributed by atoms with E-state index >= 15 is 0 Å². The number of nitrogens with zero attached hydrogens (tertiary/aromatic N) is 2. The SMILES string of the molecule is Cc1cc(C(=O)Nc2ncc(Cc3ccc(F)cc3F)s2)ccc1[N+](=O)[O-]. The molecule has 1 aromatic heterocycles. The Morgan fingerprint density at radius 3 is 2.70 bits per heavy atom. The van der Waals surface area contributed by atoms with Crippen LogP contribution in [0.25, 0.3) is 0 Å². The lowest BCUT2D eigenvalue weighted by Crippen LogP contribution is -2.12. The monoisotopic (exact) mass is 389 g/mol. The van der Waals surface area contributed by atoms with Crippen molar-refractivity contribution in [1.29, 1.82) is 0 Å². The van der Waals surface area contributed by atoms with Gasteiger partial charge in [-0.3, -0.25) is 20.2 Å². The number of benzene rings is 2. The number of aryl methyl sites for hydroxylation is 1. The van der Waals surface area contributed by atoms with Crippen LogP contribution in [0.4, 0.5) is 19.6 Å². The number of hydrogen-bond acceptors (Lipinski definition) is 5. The third kappa shape index (κ3) is 4.32. The second-order valence-electron chi connectivity index (χ2n) is 5.76. The standard InChI is InChI=1S/C18H13F2N3O3S/c1-10-6-12(3-5-16(10)23(25)26)17(24)22-18-21-9-14(27-18)7-11-2-4-13(19)8-15(11)20/h2-6,8-9H,7H2,1H3,(H,21,22,24). The van der Waals surface area contributed by atoms with Gasteiger partial charge in [-0.1, -0.05) is 6.07 Å². The van der Waals surface area contributed by atoms with Gasteiger partial charge in [0.25, 0.3) is 11.6 Å². The Bertz CT molecular complexity index is 1040. The Kier molecular flexibility index (Phi) is 5.22. The van der Waals surface area contributed by atoms with E-state index in [-0.39, 0.29) is 17.7 Å². The zero-order chi connectivity index (χ0) is 19.6. The van der Waals surface area contributed by atoms with Crippen molar-refractivity contribution >= 4 is 28.1 Å². The molecule has 0 aliphatic heterocycles. The molecule has 1 heterocycles. The Hall–Kier alpha value is -3.20. The maximum Gasteiger partial charge on any atom is 0.272 e. The minimum Gasteiger partial charge on any atom is -0.298 e. The Balaban J connectivity index is 1.71. The highest BCUT2D eigenvalue weighted by Crippen LogP contribution is 2.24. The third-order valence-electron chi connectivity index (χ3n) is 3.81. The Morgan fingerprint density at radius 2 is 2.04 bits per heavy atom. The first-order valence-corrected chi connectivity index (χ1v) is 8.60. The van der Waals surface area contributed by atoms with E-state index in [0.29, 0.717) is 21.1 Å². The van der Waals surface area contributed by atoms with Gasteiger partial charge in [0.2, 0.25) is 0 Å². The minimum atomic E-state index is -0.646. The molecule has 2 aromatic carbocycles. The maximum absolute atomic E-state index is 13.7. The topological polar surface area (TPSA) is 85.1 Å². The lowest BCUT2D eigenvalue weighted by Gasteiger charge is -2.03. The van der Waals surface area contributed by atoms with Crippen LogP contribution in [-0.4, -0.2) is 15.8 Å². The number of nitro groups is 1. The first kappa shape index (κ1) is 18.6. The van der Waals surface area contributed by atoms with Crippen LogP contribution < -0.4 is 5.32 Å². The van der Waals surface area contributed by atoms with Crippen molar-refractivity contribution in [2.45, 2.75) is 13.3 Å². The van der Waals surface area contributed by atoms with Crippen molar-refractivity contribution in [3.63, 3.8) is 0 Å². The highest BCUT2D eigenvalue weighted by Gasteiger charge is 2.15. The molecule has 0 saturated carbocycles. The van der Waals surface area contributed by atoms with Crippen LogP contribution in [0.3, 0.4) is 0 Å². The van der Waals surface area contributed by atoms with Gasteiger partial charge in [-0.25, -0.2) is 13.8 Å². The molecule has 6 nitrogen and oxygen atoms in total. The molecule has 0 aliphatic rings. The fourth-order valence-corrected chi connectivity index (χ4v) is 3.30. The number of nitrogens with one attached hydrogen (secondary N) is 1. The fraction of sp³-hybridized carbons (Fsp3) is 0.111. The van der Waals surface area contributed by atoms with Crippen molar-refractivity contribution in [2.24, 2.45) is 0 Å². The summed E-state index contributed by atoms with van der Waals surface area (Å²) < 4.78 is 26.7. The molecule has 3 rings (SSSR count). The molecule has 9 heteroatoms. The summed E-state index contributed by atoms with van der Waals surface area (Å²) in [5.74, 6) is -1.75. The predicted octanol–water partition coefficient (Wildman–Crippen LogP) is 4.48. The smallest absolute Gasteiger partial charge is 0.272 e. The Morgan fingerprint density at radius 1 is 1.26 bits per heavy atom. The number of rotatable bonds is 5. The number of anilines is 1. The van der Waals surface area contributed by atoms with Gasteiger partial charge in [0.1, 0.15) is 11.6 Å². The fourth-order valence-electron chi connectivity index (χ4n) is 2.47. The molecular formula is C18H13F2N3O3S. The van der Waals surface area contributed by atoms with Gasteiger partial charge in [-0.2, -0.15) is 0 Å². The molecule has 0 atom stereocenters. The quantitative estimate of drug-likeness (QED) is 0.515. The van der Waals surface area contributed by atoms with Crippen LogP contribution in [0, 0.1) is 28.7 Å². The molecule has 0 saturated heterocycles. The van der Waals surface area contributed by atoms with E-state index < -0.39 is 22.5 Å². The van der Waals surface area contributed by atoms with Crippen LogP contribution in [-0.2, 0) is 6.42 Å². The highest BCUT2D eigenvalue weighted by molar-refractivity contribution is 7.15. The second kappa shape index (κ2) is 7.58. The summed E-state index contributed by atoms with van der Waals surface area (Å²) in [6.45, 7) is 1.55. The van der Waals surface area contributed by atoms with Gasteiger partial charge in [0, 0.05) is 40.8 Å². The highest BCUT2D eigenvalue weighted by atomic mass is 32.1. The summed E-state index contributed by atoms with van der Waals surface area (Å²) in [4.78, 5) is 27.4. The Labute approximate surface area is 156 Å². The van der Waals surface area contributed by atoms with Gasteiger partial charge in [0.15, 0.2) is 5.13 Å². The number of carbonyl (C=O) groups excluding carboxylic acids is 1. The molecule has 1 amide bonds. The van der Waals surface area contributed by atoms with Crippen molar-refractivity contribution < 1.29 is 18.5 Å². The van der Waals surface area contributed by atoms with E-state index in [9.17, 15) is 23.7 Å². The predicted molar refractivity (Wildman–Crippen MR) is 97.1 cm³/mol. The summed E-state index contributed by atoms with van der Waals surface area (Å²) in [6, 6.07) is 7.42. The third-order valence-corrected chi connectivity index (χ3v) is 4.72. The van der Waals surface area contributed by atoms with Gasteiger partial charge in [-0.05, 0) is 30.7 Å². The van der Waals surface area contributed by atoms with Gasteiger partial charge >= 0.3 is 0 Å². The number of hydrogen-bond donors (Lipinski definition) is 1. The van der Waals surface area contributed by atoms with Crippen molar-refractivity contribution in [1.82, 2.24) is 4.98 Å². The van der Waals surface area contributed by atoms with E-state index in [1.807, 2.05) is 0 Å². The number of amides is 1. The average Bonchev–Trinajstić information content (AvgIpc) is 3.04. The first-order chi connectivity index (χ1) is 12.8. The molecular weight excluding hydrogens is 376 g/mol. The summed E-state index contributed by atoms with van der Waals surface area (Å²) >= 11 is 1.16. The van der Waals surface area contributed by atoms with E-state index in [1.165, 1.54) is 36.5 Å². The van der Waals surface area contributed by atoms with Crippen LogP contribution in [0.5, 0.6) is 0 Å². The minimum absolute atomic E-state index is 0.0654. The van der Waals surface area contributed by atoms with Crippen LogP contribution in [0.2, 0.25) is 0 Å². The van der Waals surface area contributed by atoms with Crippen LogP contribution in [0.1, 0.15) is 26.4 Å². The lowest BCUT2D eigenvalue weighted by molar-refractivity contribution is -0.385. The number of thiazole rings is 1. The van der Waals surface area contributed by atoms with E-state index in [0.717, 1.165) is 17.4 Å². The second-order valence-corrected chi connectivity index (χ2v) is 6.87. The molecule has 0 aliphatic carbocycles. The van der Waals surface area contributed by atoms with E-state index in [1.54, 1.807) is 6.92 Å². The molecule has 3 aromatic rings. The van der Waals surface area contributed by atoms with Gasteiger partial charge in [-0.15, -0.1) is 11.3 Å². The van der Waals surface area contributed by atoms with Crippen molar-refractivity contribution in [3.8, 4) is 0 Å². The summed E-state index contributed by atoms with van der Waals surface area (Å²) in [5, 5.41) is 13.8. The van der Waals surface area contributed by atoms with Gasteiger partial charge < -0.3 is 0 Å². The number of nitro benzene ring substituents is 1. The maximum atomic E-state index is 13.7. The lowest BCUT2D eigenvalue weighted by atomic mass is 10.1. The van der Waals surface area contributed by atoms with Crippen LogP contribution in [0.15, 0.2) is 42.6 Å². The molecule has 0 unspecified atom stereocenters. The summed E-state index contributed by atoms with van der Waals surface area (Å²) in [7, 11) is 0. The first-order valence-electron chi connectivity index (χ1n) is 7.78. The normalized spacial score (nSPS) is 10.6. The van der Waals surface area contributed by atoms with E-state index in [2.05, 4.69) is 10.3 Å². The molecule has 1 N–H and O–H groups in total. The summed E-state index contributed by atoms with van der Waals surface area (Å²) in [6.07, 6.45) is 1.72. The van der Waals surface area contributed by atoms with E-state index in [4.69, 9.17) is 0 Å². The molecule has 0 fully saturated rings. The molecule has 0 radical (unpaired) electrons. The zero-order valence-corrected chi connectivity index (χ0v) is 14.8. The van der Waals surface area contributed by atoms with Crippen molar-refractivity contribution in [3.05, 3.63) is 85.9 Å². The number of aromatic nitrogens is 1. The van der Waals surface area contributed by atoms with Crippen molar-refractivity contribution in [2.75, 3.05) is 5.32 Å². The largest absolute Gasteiger partial charge is 0.298 e. The van der Waals surface area contributed by atoms with Gasteiger partial charge in [0.05, 0.1) is 4.92 Å².